The van der Waals surface area contributed by atoms with Crippen molar-refractivity contribution in [2.75, 3.05) is 44.8 Å². The van der Waals surface area contributed by atoms with Crippen LogP contribution in [-0.2, 0) is 29.2 Å². The average molecular weight is 450 g/mol. The molecular formula is C26H35N5O2. The van der Waals surface area contributed by atoms with Gasteiger partial charge in [-0.25, -0.2) is 0 Å². The lowest BCUT2D eigenvalue weighted by Gasteiger charge is -2.27. The third kappa shape index (κ3) is 6.55. The van der Waals surface area contributed by atoms with E-state index in [9.17, 15) is 4.79 Å². The molecule has 2 saturated heterocycles. The molecule has 0 bridgehead atoms. The number of ether oxygens (including phenoxy) is 1. The van der Waals surface area contributed by atoms with Gasteiger partial charge in [-0.15, -0.1) is 0 Å². The van der Waals surface area contributed by atoms with E-state index in [2.05, 4.69) is 56.9 Å². The van der Waals surface area contributed by atoms with Crippen LogP contribution < -0.4 is 15.5 Å². The summed E-state index contributed by atoms with van der Waals surface area (Å²) in [5.74, 6) is 0.997. The lowest BCUT2D eigenvalue weighted by Crippen LogP contribution is -2.37. The van der Waals surface area contributed by atoms with Crippen LogP contribution in [0, 0.1) is 0 Å². The van der Waals surface area contributed by atoms with E-state index in [0.717, 1.165) is 76.0 Å². The number of carbonyl (C=O) groups is 1. The number of anilines is 1. The number of morpholine rings is 1. The first kappa shape index (κ1) is 23.3. The molecule has 2 aliphatic heterocycles. The van der Waals surface area contributed by atoms with Crippen molar-refractivity contribution in [3.63, 3.8) is 0 Å². The van der Waals surface area contributed by atoms with Crippen LogP contribution in [0.15, 0.2) is 53.5 Å². The number of guanidine groups is 1. The van der Waals surface area contributed by atoms with E-state index in [1.807, 2.05) is 17.0 Å². The molecule has 2 aliphatic rings. The molecule has 2 heterocycles. The van der Waals surface area contributed by atoms with Gasteiger partial charge in [-0.3, -0.25) is 14.7 Å². The molecule has 2 N–H and O–H groups in total. The monoisotopic (exact) mass is 449 g/mol. The number of aliphatic imine (C=N–C) groups is 1. The summed E-state index contributed by atoms with van der Waals surface area (Å²) in [4.78, 5) is 20.9. The van der Waals surface area contributed by atoms with Crippen molar-refractivity contribution in [1.29, 1.82) is 0 Å². The zero-order valence-corrected chi connectivity index (χ0v) is 19.6. The molecule has 0 unspecified atom stereocenters. The van der Waals surface area contributed by atoms with Crippen molar-refractivity contribution in [2.24, 2.45) is 4.99 Å². The van der Waals surface area contributed by atoms with Gasteiger partial charge in [-0.1, -0.05) is 36.4 Å². The summed E-state index contributed by atoms with van der Waals surface area (Å²) in [5.41, 5.74) is 4.76. The van der Waals surface area contributed by atoms with Crippen LogP contribution in [-0.4, -0.2) is 56.7 Å². The van der Waals surface area contributed by atoms with Gasteiger partial charge in [0.2, 0.25) is 5.91 Å². The molecule has 0 aromatic heterocycles. The van der Waals surface area contributed by atoms with Gasteiger partial charge in [0.1, 0.15) is 0 Å². The van der Waals surface area contributed by atoms with Gasteiger partial charge < -0.3 is 20.3 Å². The first-order valence-electron chi connectivity index (χ1n) is 11.9. The highest BCUT2D eigenvalue weighted by Gasteiger charge is 2.19. The van der Waals surface area contributed by atoms with Crippen LogP contribution in [0.2, 0.25) is 0 Å². The number of rotatable bonds is 7. The molecule has 0 aliphatic carbocycles. The summed E-state index contributed by atoms with van der Waals surface area (Å²) in [6.07, 6.45) is 2.73. The highest BCUT2D eigenvalue weighted by molar-refractivity contribution is 5.93. The third-order valence-corrected chi connectivity index (χ3v) is 6.32. The minimum atomic E-state index is 0.227. The number of amides is 1. The van der Waals surface area contributed by atoms with Crippen molar-refractivity contribution in [3.05, 3.63) is 65.2 Å². The van der Waals surface area contributed by atoms with Crippen LogP contribution in [0.3, 0.4) is 0 Å². The van der Waals surface area contributed by atoms with Crippen LogP contribution in [0.4, 0.5) is 5.69 Å². The summed E-state index contributed by atoms with van der Waals surface area (Å²) in [6, 6.07) is 16.8. The summed E-state index contributed by atoms with van der Waals surface area (Å²) in [6.45, 7) is 6.74. The Labute approximate surface area is 196 Å². The Bertz CT molecular complexity index is 938. The van der Waals surface area contributed by atoms with Gasteiger partial charge >= 0.3 is 0 Å². The highest BCUT2D eigenvalue weighted by atomic mass is 16.5. The van der Waals surface area contributed by atoms with Gasteiger partial charge in [-0.05, 0) is 41.7 Å². The second-order valence-corrected chi connectivity index (χ2v) is 8.61. The topological polar surface area (TPSA) is 69.2 Å². The quantitative estimate of drug-likeness (QED) is 0.503. The minimum Gasteiger partial charge on any atom is -0.379 e. The molecule has 0 spiro atoms. The van der Waals surface area contributed by atoms with Gasteiger partial charge in [0.15, 0.2) is 5.96 Å². The fraction of sp³-hybridized carbons (Fsp3) is 0.462. The maximum atomic E-state index is 12.1. The zero-order chi connectivity index (χ0) is 22.9. The predicted octanol–water partition coefficient (Wildman–Crippen LogP) is 2.90. The maximum absolute atomic E-state index is 12.1. The molecule has 176 valence electrons. The molecule has 2 aromatic rings. The normalized spacial score (nSPS) is 17.8. The molecule has 33 heavy (non-hydrogen) atoms. The molecule has 0 saturated carbocycles. The van der Waals surface area contributed by atoms with E-state index < -0.39 is 0 Å². The fourth-order valence-corrected chi connectivity index (χ4v) is 4.34. The molecule has 0 radical (unpaired) electrons. The van der Waals surface area contributed by atoms with Gasteiger partial charge in [0, 0.05) is 58.4 Å². The Morgan fingerprint density at radius 3 is 2.39 bits per heavy atom. The SMILES string of the molecule is CN=C(NCc1ccc(N2CCCCC2=O)cc1)NCc1ccccc1CN1CCOCC1. The molecule has 0 atom stereocenters. The van der Waals surface area contributed by atoms with Crippen molar-refractivity contribution in [1.82, 2.24) is 15.5 Å². The fourth-order valence-electron chi connectivity index (χ4n) is 4.34. The Morgan fingerprint density at radius 2 is 1.67 bits per heavy atom. The smallest absolute Gasteiger partial charge is 0.226 e. The van der Waals surface area contributed by atoms with Gasteiger partial charge in [-0.2, -0.15) is 0 Å². The van der Waals surface area contributed by atoms with E-state index in [0.29, 0.717) is 13.0 Å². The maximum Gasteiger partial charge on any atom is 0.226 e. The second kappa shape index (κ2) is 11.8. The van der Waals surface area contributed by atoms with E-state index in [4.69, 9.17) is 4.74 Å². The Hall–Kier alpha value is -2.90. The Morgan fingerprint density at radius 1 is 0.939 bits per heavy atom. The second-order valence-electron chi connectivity index (χ2n) is 8.61. The number of hydrogen-bond donors (Lipinski definition) is 2. The summed E-state index contributed by atoms with van der Waals surface area (Å²) >= 11 is 0. The van der Waals surface area contributed by atoms with E-state index in [1.165, 1.54) is 11.1 Å². The van der Waals surface area contributed by atoms with Crippen LogP contribution in [0.5, 0.6) is 0 Å². The molecule has 7 nitrogen and oxygen atoms in total. The van der Waals surface area contributed by atoms with E-state index in [-0.39, 0.29) is 5.91 Å². The largest absolute Gasteiger partial charge is 0.379 e. The standard InChI is InChI=1S/C26H35N5O2/c1-27-26(28-18-21-9-11-24(12-10-21)31-13-5-4-8-25(31)32)29-19-22-6-2-3-7-23(22)20-30-14-16-33-17-15-30/h2-3,6-7,9-12H,4-5,8,13-20H2,1H3,(H2,27,28,29). The molecule has 7 heteroatoms. The number of benzene rings is 2. The highest BCUT2D eigenvalue weighted by Crippen LogP contribution is 2.21. The first-order valence-corrected chi connectivity index (χ1v) is 11.9. The molecule has 1 amide bonds. The summed E-state index contributed by atoms with van der Waals surface area (Å²) < 4.78 is 5.47. The minimum absolute atomic E-state index is 0.227. The van der Waals surface area contributed by atoms with Crippen molar-refractivity contribution < 1.29 is 9.53 Å². The molecule has 2 aromatic carbocycles. The number of nitrogens with one attached hydrogen (secondary N) is 2. The lowest BCUT2D eigenvalue weighted by atomic mass is 10.1. The van der Waals surface area contributed by atoms with Crippen LogP contribution in [0.25, 0.3) is 0 Å². The van der Waals surface area contributed by atoms with Crippen LogP contribution in [0.1, 0.15) is 36.0 Å². The van der Waals surface area contributed by atoms with Gasteiger partial charge in [0.25, 0.3) is 0 Å². The van der Waals surface area contributed by atoms with Gasteiger partial charge in [0.05, 0.1) is 13.2 Å². The zero-order valence-electron chi connectivity index (χ0n) is 19.6. The Kier molecular flexibility index (Phi) is 8.33. The average Bonchev–Trinajstić information content (AvgIpc) is 2.86. The predicted molar refractivity (Wildman–Crippen MR) is 132 cm³/mol. The number of carbonyl (C=O) groups excluding carboxylic acids is 1. The summed E-state index contributed by atoms with van der Waals surface area (Å²) in [5, 5.41) is 6.84. The lowest BCUT2D eigenvalue weighted by molar-refractivity contribution is -0.119. The van der Waals surface area contributed by atoms with E-state index >= 15 is 0 Å². The van der Waals surface area contributed by atoms with Crippen LogP contribution >= 0.6 is 0 Å². The third-order valence-electron chi connectivity index (χ3n) is 6.32. The first-order chi connectivity index (χ1) is 16.2. The summed E-state index contributed by atoms with van der Waals surface area (Å²) in [7, 11) is 1.79. The number of nitrogens with zero attached hydrogens (tertiary/aromatic N) is 3. The molecular weight excluding hydrogens is 414 g/mol. The number of piperidine rings is 1. The molecule has 2 fully saturated rings. The van der Waals surface area contributed by atoms with Crippen molar-refractivity contribution in [3.8, 4) is 0 Å². The number of hydrogen-bond acceptors (Lipinski definition) is 4. The Balaban J connectivity index is 1.28. The van der Waals surface area contributed by atoms with Crippen molar-refractivity contribution in [2.45, 2.75) is 38.9 Å². The molecule has 4 rings (SSSR count). The van der Waals surface area contributed by atoms with Crippen molar-refractivity contribution >= 4 is 17.6 Å². The van der Waals surface area contributed by atoms with E-state index in [1.54, 1.807) is 7.05 Å².